The van der Waals surface area contributed by atoms with Crippen LogP contribution < -0.4 is 10.6 Å². The van der Waals surface area contributed by atoms with Crippen LogP contribution in [0.5, 0.6) is 0 Å². The molecule has 0 fully saturated rings. The Bertz CT molecular complexity index is 640. The zero-order valence-electron chi connectivity index (χ0n) is 14.2. The molecule has 0 unspecified atom stereocenters. The van der Waals surface area contributed by atoms with Gasteiger partial charge in [-0.05, 0) is 34.9 Å². The van der Waals surface area contributed by atoms with Crippen molar-refractivity contribution in [1.29, 1.82) is 0 Å². The maximum atomic E-state index is 12.4. The molecule has 0 aliphatic rings. The highest BCUT2D eigenvalue weighted by Crippen LogP contribution is 2.05. The fraction of sp³-hybridized carbons (Fsp3) is 0.333. The van der Waals surface area contributed by atoms with Crippen LogP contribution in [0.1, 0.15) is 18.1 Å². The first-order valence-corrected chi connectivity index (χ1v) is 8.94. The molecule has 0 bridgehead atoms. The van der Waals surface area contributed by atoms with Crippen molar-refractivity contribution in [3.63, 3.8) is 0 Å². The molecule has 0 atom stereocenters. The number of hydrogen-bond donors (Lipinski definition) is 2. The van der Waals surface area contributed by atoms with Crippen LogP contribution in [0.2, 0.25) is 0 Å². The van der Waals surface area contributed by atoms with Crippen LogP contribution in [0.15, 0.2) is 52.2 Å². The minimum Gasteiger partial charge on any atom is -0.352 e. The maximum Gasteiger partial charge on any atom is 0.242 e. The average molecular weight is 344 g/mol. The first kappa shape index (κ1) is 18.0. The summed E-state index contributed by atoms with van der Waals surface area (Å²) in [4.78, 5) is 18.4. The Hall–Kier alpha value is -2.34. The number of amides is 1. The van der Waals surface area contributed by atoms with Crippen molar-refractivity contribution < 1.29 is 4.79 Å². The first-order chi connectivity index (χ1) is 11.7. The van der Waals surface area contributed by atoms with Gasteiger partial charge in [0.05, 0.1) is 6.54 Å². The van der Waals surface area contributed by atoms with Gasteiger partial charge in [0, 0.05) is 26.7 Å². The largest absolute Gasteiger partial charge is 0.352 e. The molecule has 0 spiro atoms. The van der Waals surface area contributed by atoms with Crippen molar-refractivity contribution in [2.45, 2.75) is 20.0 Å². The minimum absolute atomic E-state index is 0.0554. The molecule has 5 nitrogen and oxygen atoms in total. The van der Waals surface area contributed by atoms with Crippen LogP contribution in [0.4, 0.5) is 0 Å². The fourth-order valence-electron chi connectivity index (χ4n) is 2.25. The van der Waals surface area contributed by atoms with Gasteiger partial charge in [-0.25, -0.2) is 0 Å². The number of thiophene rings is 1. The second-order valence-corrected chi connectivity index (χ2v) is 6.08. The molecular formula is C18H24N4OS. The van der Waals surface area contributed by atoms with E-state index < -0.39 is 0 Å². The van der Waals surface area contributed by atoms with E-state index in [0.29, 0.717) is 25.6 Å². The Morgan fingerprint density at radius 3 is 2.58 bits per heavy atom. The first-order valence-electron chi connectivity index (χ1n) is 8.00. The summed E-state index contributed by atoms with van der Waals surface area (Å²) < 4.78 is 0. The lowest BCUT2D eigenvalue weighted by Crippen LogP contribution is -2.44. The molecule has 0 radical (unpaired) electrons. The predicted molar refractivity (Wildman–Crippen MR) is 100 cm³/mol. The van der Waals surface area contributed by atoms with Gasteiger partial charge in [0.2, 0.25) is 5.91 Å². The third kappa shape index (κ3) is 5.70. The van der Waals surface area contributed by atoms with Gasteiger partial charge in [0.1, 0.15) is 0 Å². The lowest BCUT2D eigenvalue weighted by atomic mass is 10.2. The van der Waals surface area contributed by atoms with E-state index in [9.17, 15) is 4.79 Å². The Balaban J connectivity index is 1.80. The van der Waals surface area contributed by atoms with Gasteiger partial charge in [-0.3, -0.25) is 9.79 Å². The van der Waals surface area contributed by atoms with Crippen molar-refractivity contribution in [1.82, 2.24) is 15.5 Å². The van der Waals surface area contributed by atoms with Crippen molar-refractivity contribution in [2.24, 2.45) is 4.99 Å². The average Bonchev–Trinajstić information content (AvgIpc) is 3.14. The SMILES string of the molecule is CCN(Cc1ccccc1)C(=O)CNC(=NC)NCc1ccsc1. The summed E-state index contributed by atoms with van der Waals surface area (Å²) in [6.45, 7) is 4.21. The van der Waals surface area contributed by atoms with Gasteiger partial charge < -0.3 is 15.5 Å². The standard InChI is InChI=1S/C18H24N4OS/c1-3-22(13-15-7-5-4-6-8-15)17(23)12-21-18(19-2)20-11-16-9-10-24-14-16/h4-10,14H,3,11-13H2,1-2H3,(H2,19,20,21). The second kappa shape index (κ2) is 9.72. The van der Waals surface area contributed by atoms with E-state index in [1.165, 1.54) is 5.56 Å². The molecule has 6 heteroatoms. The number of aliphatic imine (C=N–C) groups is 1. The molecule has 0 aliphatic heterocycles. The van der Waals surface area contributed by atoms with E-state index in [4.69, 9.17) is 0 Å². The molecule has 1 amide bonds. The number of likely N-dealkylation sites (N-methyl/N-ethyl adjacent to an activating group) is 1. The molecule has 0 saturated carbocycles. The summed E-state index contributed by atoms with van der Waals surface area (Å²) in [6, 6.07) is 12.1. The van der Waals surface area contributed by atoms with Gasteiger partial charge in [0.25, 0.3) is 0 Å². The van der Waals surface area contributed by atoms with E-state index in [2.05, 4.69) is 27.1 Å². The van der Waals surface area contributed by atoms with Crippen LogP contribution in [0, 0.1) is 0 Å². The number of benzene rings is 1. The van der Waals surface area contributed by atoms with Crippen LogP contribution >= 0.6 is 11.3 Å². The van der Waals surface area contributed by atoms with Crippen LogP contribution in [0.25, 0.3) is 0 Å². The van der Waals surface area contributed by atoms with Gasteiger partial charge in [-0.1, -0.05) is 30.3 Å². The molecule has 128 valence electrons. The van der Waals surface area contributed by atoms with Crippen molar-refractivity contribution >= 4 is 23.2 Å². The lowest BCUT2D eigenvalue weighted by molar-refractivity contribution is -0.130. The summed E-state index contributed by atoms with van der Waals surface area (Å²) in [5, 5.41) is 10.4. The topological polar surface area (TPSA) is 56.7 Å². The third-order valence-electron chi connectivity index (χ3n) is 3.62. The number of hydrogen-bond acceptors (Lipinski definition) is 3. The zero-order valence-corrected chi connectivity index (χ0v) is 15.0. The van der Waals surface area contributed by atoms with Crippen LogP contribution in [-0.4, -0.2) is 36.9 Å². The molecule has 2 N–H and O–H groups in total. The molecule has 0 aliphatic carbocycles. The Morgan fingerprint density at radius 1 is 1.17 bits per heavy atom. The number of nitrogens with one attached hydrogen (secondary N) is 2. The summed E-state index contributed by atoms with van der Waals surface area (Å²) >= 11 is 1.66. The fourth-order valence-corrected chi connectivity index (χ4v) is 2.92. The smallest absolute Gasteiger partial charge is 0.242 e. The minimum atomic E-state index is 0.0554. The number of nitrogens with zero attached hydrogens (tertiary/aromatic N) is 2. The summed E-state index contributed by atoms with van der Waals surface area (Å²) in [5.41, 5.74) is 2.33. The lowest BCUT2D eigenvalue weighted by Gasteiger charge is -2.22. The van der Waals surface area contributed by atoms with Crippen molar-refractivity contribution in [3.8, 4) is 0 Å². The van der Waals surface area contributed by atoms with E-state index in [1.807, 2.05) is 47.5 Å². The summed E-state index contributed by atoms with van der Waals surface area (Å²) in [5.74, 6) is 0.685. The summed E-state index contributed by atoms with van der Waals surface area (Å²) in [6.07, 6.45) is 0. The second-order valence-electron chi connectivity index (χ2n) is 5.30. The third-order valence-corrected chi connectivity index (χ3v) is 4.35. The van der Waals surface area contributed by atoms with Gasteiger partial charge >= 0.3 is 0 Å². The number of rotatable bonds is 7. The van der Waals surface area contributed by atoms with E-state index >= 15 is 0 Å². The molecule has 1 aromatic carbocycles. The normalized spacial score (nSPS) is 11.2. The molecule has 0 saturated heterocycles. The molecule has 1 heterocycles. The number of guanidine groups is 1. The van der Waals surface area contributed by atoms with Crippen LogP contribution in [-0.2, 0) is 17.9 Å². The van der Waals surface area contributed by atoms with Crippen molar-refractivity contribution in [3.05, 3.63) is 58.3 Å². The highest BCUT2D eigenvalue weighted by Gasteiger charge is 2.12. The van der Waals surface area contributed by atoms with Crippen molar-refractivity contribution in [2.75, 3.05) is 20.1 Å². The number of carbonyl (C=O) groups is 1. The molecule has 1 aromatic heterocycles. The van der Waals surface area contributed by atoms with Gasteiger partial charge in [-0.2, -0.15) is 11.3 Å². The number of carbonyl (C=O) groups excluding carboxylic acids is 1. The van der Waals surface area contributed by atoms with E-state index in [0.717, 1.165) is 5.56 Å². The van der Waals surface area contributed by atoms with E-state index in [1.54, 1.807) is 18.4 Å². The van der Waals surface area contributed by atoms with E-state index in [-0.39, 0.29) is 12.5 Å². The molecular weight excluding hydrogens is 320 g/mol. The monoisotopic (exact) mass is 344 g/mol. The molecule has 2 aromatic rings. The zero-order chi connectivity index (χ0) is 17.2. The predicted octanol–water partition coefficient (Wildman–Crippen LogP) is 2.46. The summed E-state index contributed by atoms with van der Waals surface area (Å²) in [7, 11) is 1.70. The Morgan fingerprint density at radius 2 is 1.96 bits per heavy atom. The van der Waals surface area contributed by atoms with Gasteiger partial charge in [-0.15, -0.1) is 0 Å². The molecule has 24 heavy (non-hydrogen) atoms. The van der Waals surface area contributed by atoms with Crippen LogP contribution in [0.3, 0.4) is 0 Å². The Kier molecular flexibility index (Phi) is 7.29. The Labute approximate surface area is 147 Å². The highest BCUT2D eigenvalue weighted by molar-refractivity contribution is 7.07. The van der Waals surface area contributed by atoms with Gasteiger partial charge in [0.15, 0.2) is 5.96 Å². The highest BCUT2D eigenvalue weighted by atomic mass is 32.1. The quantitative estimate of drug-likeness (QED) is 0.599. The maximum absolute atomic E-state index is 12.4. The molecule has 2 rings (SSSR count).